The molecule has 0 heterocycles. The summed E-state index contributed by atoms with van der Waals surface area (Å²) < 4.78 is 0. The van der Waals surface area contributed by atoms with Gasteiger partial charge in [0.1, 0.15) is 0 Å². The summed E-state index contributed by atoms with van der Waals surface area (Å²) >= 11 is 0. The van der Waals surface area contributed by atoms with Gasteiger partial charge in [0, 0.05) is 5.69 Å². The van der Waals surface area contributed by atoms with E-state index in [1.54, 1.807) is 0 Å². The molecule has 3 N–H and O–H groups in total. The van der Waals surface area contributed by atoms with Crippen molar-refractivity contribution in [3.8, 4) is 0 Å². The first-order valence-corrected chi connectivity index (χ1v) is 8.32. The molecule has 3 heteroatoms. The van der Waals surface area contributed by atoms with E-state index in [9.17, 15) is 4.79 Å². The minimum atomic E-state index is -0.539. The van der Waals surface area contributed by atoms with Gasteiger partial charge in [0.25, 0.3) is 0 Å². The summed E-state index contributed by atoms with van der Waals surface area (Å²) in [6, 6.07) is 16.9. The number of nitrogens with one attached hydrogen (secondary N) is 1. The van der Waals surface area contributed by atoms with Crippen LogP contribution >= 0.6 is 0 Å². The fourth-order valence-corrected chi connectivity index (χ4v) is 1.92. The summed E-state index contributed by atoms with van der Waals surface area (Å²) in [5, 5.41) is 2.84. The predicted molar refractivity (Wildman–Crippen MR) is 101 cm³/mol. The minimum absolute atomic E-state index is 0.158. The Labute approximate surface area is 140 Å². The van der Waals surface area contributed by atoms with Crippen molar-refractivity contribution in [1.29, 1.82) is 0 Å². The predicted octanol–water partition coefficient (Wildman–Crippen LogP) is 4.56. The SMILES string of the molecule is CC.CC.Cc1cccc(NC(=O)C(N)Cc2ccccc2)c1. The van der Waals surface area contributed by atoms with Crippen molar-refractivity contribution in [1.82, 2.24) is 0 Å². The Kier molecular flexibility index (Phi) is 11.3. The molecule has 0 saturated carbocycles. The normalized spacial score (nSPS) is 10.3. The van der Waals surface area contributed by atoms with Crippen LogP contribution in [0.4, 0.5) is 5.69 Å². The molecule has 2 rings (SSSR count). The Morgan fingerprint density at radius 2 is 1.61 bits per heavy atom. The summed E-state index contributed by atoms with van der Waals surface area (Å²) in [6.45, 7) is 9.99. The second-order valence-electron chi connectivity index (χ2n) is 4.65. The monoisotopic (exact) mass is 314 g/mol. The second kappa shape index (κ2) is 12.4. The zero-order chi connectivity index (χ0) is 17.7. The molecule has 3 nitrogen and oxygen atoms in total. The fourth-order valence-electron chi connectivity index (χ4n) is 1.92. The number of amides is 1. The van der Waals surface area contributed by atoms with E-state index in [0.29, 0.717) is 6.42 Å². The number of aryl methyl sites for hydroxylation is 1. The van der Waals surface area contributed by atoms with Gasteiger partial charge in [0.2, 0.25) is 5.91 Å². The van der Waals surface area contributed by atoms with E-state index >= 15 is 0 Å². The van der Waals surface area contributed by atoms with E-state index < -0.39 is 6.04 Å². The van der Waals surface area contributed by atoms with Crippen LogP contribution in [-0.4, -0.2) is 11.9 Å². The molecule has 0 bridgehead atoms. The van der Waals surface area contributed by atoms with Crippen LogP contribution in [0, 0.1) is 6.92 Å². The molecule has 0 spiro atoms. The number of benzene rings is 2. The van der Waals surface area contributed by atoms with Gasteiger partial charge in [0.15, 0.2) is 0 Å². The van der Waals surface area contributed by atoms with Gasteiger partial charge < -0.3 is 11.1 Å². The molecule has 1 amide bonds. The quantitative estimate of drug-likeness (QED) is 0.869. The second-order valence-corrected chi connectivity index (χ2v) is 4.65. The lowest BCUT2D eigenvalue weighted by Crippen LogP contribution is -2.37. The summed E-state index contributed by atoms with van der Waals surface area (Å²) in [5.41, 5.74) is 8.88. The Hall–Kier alpha value is -2.13. The van der Waals surface area contributed by atoms with E-state index in [4.69, 9.17) is 5.73 Å². The number of anilines is 1. The van der Waals surface area contributed by atoms with Crippen LogP contribution in [0.3, 0.4) is 0 Å². The largest absolute Gasteiger partial charge is 0.325 e. The van der Waals surface area contributed by atoms with Crippen molar-refractivity contribution >= 4 is 11.6 Å². The Balaban J connectivity index is 0.00000112. The average molecular weight is 314 g/mol. The first-order valence-electron chi connectivity index (χ1n) is 8.32. The van der Waals surface area contributed by atoms with E-state index in [1.165, 1.54) is 0 Å². The number of hydrogen-bond acceptors (Lipinski definition) is 2. The van der Waals surface area contributed by atoms with E-state index in [-0.39, 0.29) is 5.91 Å². The van der Waals surface area contributed by atoms with Crippen LogP contribution in [0.15, 0.2) is 54.6 Å². The zero-order valence-corrected chi connectivity index (χ0v) is 15.0. The molecule has 0 saturated heterocycles. The molecule has 0 aromatic heterocycles. The summed E-state index contributed by atoms with van der Waals surface area (Å²) in [4.78, 5) is 12.0. The number of carbonyl (C=O) groups is 1. The molecule has 1 atom stereocenters. The highest BCUT2D eigenvalue weighted by molar-refractivity contribution is 5.94. The fraction of sp³-hybridized carbons (Fsp3) is 0.350. The molecule has 0 aliphatic carbocycles. The van der Waals surface area contributed by atoms with Crippen molar-refractivity contribution < 1.29 is 4.79 Å². The van der Waals surface area contributed by atoms with Gasteiger partial charge >= 0.3 is 0 Å². The summed E-state index contributed by atoms with van der Waals surface area (Å²) in [6.07, 6.45) is 0.540. The van der Waals surface area contributed by atoms with Crippen LogP contribution in [0.2, 0.25) is 0 Å². The molecular formula is C20H30N2O. The highest BCUT2D eigenvalue weighted by Crippen LogP contribution is 2.10. The molecule has 23 heavy (non-hydrogen) atoms. The zero-order valence-electron chi connectivity index (χ0n) is 15.0. The maximum atomic E-state index is 12.0. The Bertz CT molecular complexity index is 553. The number of carbonyl (C=O) groups excluding carboxylic acids is 1. The lowest BCUT2D eigenvalue weighted by molar-refractivity contribution is -0.117. The van der Waals surface area contributed by atoms with Gasteiger partial charge in [0.05, 0.1) is 6.04 Å². The minimum Gasteiger partial charge on any atom is -0.325 e. The third kappa shape index (κ3) is 8.17. The molecular weight excluding hydrogens is 284 g/mol. The van der Waals surface area contributed by atoms with E-state index in [1.807, 2.05) is 89.2 Å². The number of rotatable bonds is 4. The van der Waals surface area contributed by atoms with Crippen molar-refractivity contribution in [2.75, 3.05) is 5.32 Å². The number of hydrogen-bond donors (Lipinski definition) is 2. The van der Waals surface area contributed by atoms with Crippen LogP contribution in [0.5, 0.6) is 0 Å². The smallest absolute Gasteiger partial charge is 0.241 e. The van der Waals surface area contributed by atoms with Crippen LogP contribution in [-0.2, 0) is 11.2 Å². The van der Waals surface area contributed by atoms with Crippen molar-refractivity contribution in [3.05, 3.63) is 65.7 Å². The molecule has 2 aromatic rings. The number of nitrogens with two attached hydrogens (primary N) is 1. The molecule has 1 unspecified atom stereocenters. The van der Waals surface area contributed by atoms with Crippen molar-refractivity contribution in [2.45, 2.75) is 47.1 Å². The lowest BCUT2D eigenvalue weighted by Gasteiger charge is -2.12. The van der Waals surface area contributed by atoms with Gasteiger partial charge in [-0.15, -0.1) is 0 Å². The third-order valence-electron chi connectivity index (χ3n) is 2.92. The van der Waals surface area contributed by atoms with Gasteiger partial charge in [-0.05, 0) is 36.6 Å². The molecule has 0 fully saturated rings. The summed E-state index contributed by atoms with van der Waals surface area (Å²) in [7, 11) is 0. The van der Waals surface area contributed by atoms with Gasteiger partial charge in [-0.3, -0.25) is 4.79 Å². The van der Waals surface area contributed by atoms with Crippen molar-refractivity contribution in [3.63, 3.8) is 0 Å². The highest BCUT2D eigenvalue weighted by Gasteiger charge is 2.14. The topological polar surface area (TPSA) is 55.1 Å². The summed E-state index contributed by atoms with van der Waals surface area (Å²) in [5.74, 6) is -0.158. The van der Waals surface area contributed by atoms with Crippen LogP contribution < -0.4 is 11.1 Å². The van der Waals surface area contributed by atoms with Crippen LogP contribution in [0.25, 0.3) is 0 Å². The molecule has 0 aliphatic heterocycles. The van der Waals surface area contributed by atoms with Gasteiger partial charge in [-0.25, -0.2) is 0 Å². The standard InChI is InChI=1S/C16H18N2O.2C2H6/c1-12-6-5-9-14(10-12)18-16(19)15(17)11-13-7-3-2-4-8-13;2*1-2/h2-10,15H,11,17H2,1H3,(H,18,19);2*1-2H3. The van der Waals surface area contributed by atoms with E-state index in [0.717, 1.165) is 16.8 Å². The van der Waals surface area contributed by atoms with E-state index in [2.05, 4.69) is 5.32 Å². The molecule has 0 radical (unpaired) electrons. The highest BCUT2D eigenvalue weighted by atomic mass is 16.2. The first-order chi connectivity index (χ1) is 11.1. The maximum Gasteiger partial charge on any atom is 0.241 e. The Morgan fingerprint density at radius 1 is 1.00 bits per heavy atom. The molecule has 0 aliphatic rings. The van der Waals surface area contributed by atoms with Crippen LogP contribution in [0.1, 0.15) is 38.8 Å². The average Bonchev–Trinajstić information content (AvgIpc) is 2.59. The Morgan fingerprint density at radius 3 is 2.17 bits per heavy atom. The third-order valence-corrected chi connectivity index (χ3v) is 2.92. The maximum absolute atomic E-state index is 12.0. The molecule has 126 valence electrons. The first kappa shape index (κ1) is 20.9. The van der Waals surface area contributed by atoms with Crippen molar-refractivity contribution in [2.24, 2.45) is 5.73 Å². The van der Waals surface area contributed by atoms with Gasteiger partial charge in [-0.1, -0.05) is 70.2 Å². The molecule has 2 aromatic carbocycles. The van der Waals surface area contributed by atoms with Gasteiger partial charge in [-0.2, -0.15) is 0 Å². The lowest BCUT2D eigenvalue weighted by atomic mass is 10.1.